The summed E-state index contributed by atoms with van der Waals surface area (Å²) in [7, 11) is 2.26. The standard InChI is InChI=1S/C18H30N2O/c1-15-7-5-9-17(13-15)20(2)11-6-12-21-18-10-4-3-8-16(18)14-19/h3-4,8,10,15,17H,5-7,9,11-14,19H2,1-2H3. The van der Waals surface area contributed by atoms with E-state index < -0.39 is 0 Å². The van der Waals surface area contributed by atoms with E-state index >= 15 is 0 Å². The molecule has 1 aliphatic carbocycles. The second-order valence-corrected chi connectivity index (χ2v) is 6.42. The van der Waals surface area contributed by atoms with E-state index in [2.05, 4.69) is 18.9 Å². The summed E-state index contributed by atoms with van der Waals surface area (Å²) in [5.41, 5.74) is 6.82. The van der Waals surface area contributed by atoms with Crippen molar-refractivity contribution in [2.45, 2.75) is 51.6 Å². The molecule has 0 bridgehead atoms. The second kappa shape index (κ2) is 8.40. The van der Waals surface area contributed by atoms with Crippen molar-refractivity contribution in [2.24, 2.45) is 11.7 Å². The zero-order valence-electron chi connectivity index (χ0n) is 13.6. The lowest BCUT2D eigenvalue weighted by atomic mass is 9.86. The van der Waals surface area contributed by atoms with Crippen LogP contribution in [0.5, 0.6) is 5.75 Å². The minimum atomic E-state index is 0.538. The molecular formula is C18H30N2O. The Morgan fingerprint density at radius 1 is 1.29 bits per heavy atom. The minimum Gasteiger partial charge on any atom is -0.493 e. The van der Waals surface area contributed by atoms with Gasteiger partial charge >= 0.3 is 0 Å². The smallest absolute Gasteiger partial charge is 0.123 e. The van der Waals surface area contributed by atoms with Crippen LogP contribution in [0.15, 0.2) is 24.3 Å². The zero-order chi connectivity index (χ0) is 15.1. The molecule has 1 aliphatic rings. The van der Waals surface area contributed by atoms with Crippen LogP contribution >= 0.6 is 0 Å². The van der Waals surface area contributed by atoms with Crippen molar-refractivity contribution >= 4 is 0 Å². The lowest BCUT2D eigenvalue weighted by molar-refractivity contribution is 0.154. The highest BCUT2D eigenvalue weighted by atomic mass is 16.5. The van der Waals surface area contributed by atoms with E-state index in [1.165, 1.54) is 25.7 Å². The van der Waals surface area contributed by atoms with E-state index in [0.29, 0.717) is 6.54 Å². The molecule has 0 aliphatic heterocycles. The summed E-state index contributed by atoms with van der Waals surface area (Å²) in [5.74, 6) is 1.83. The maximum atomic E-state index is 5.88. The molecule has 1 saturated carbocycles. The van der Waals surface area contributed by atoms with E-state index in [9.17, 15) is 0 Å². The Bertz CT molecular complexity index is 421. The summed E-state index contributed by atoms with van der Waals surface area (Å²) in [6.45, 7) is 4.80. The molecule has 118 valence electrons. The molecule has 21 heavy (non-hydrogen) atoms. The van der Waals surface area contributed by atoms with Gasteiger partial charge < -0.3 is 15.4 Å². The Morgan fingerprint density at radius 2 is 2.10 bits per heavy atom. The summed E-state index contributed by atoms with van der Waals surface area (Å²) in [4.78, 5) is 2.52. The van der Waals surface area contributed by atoms with Crippen LogP contribution < -0.4 is 10.5 Å². The lowest BCUT2D eigenvalue weighted by Gasteiger charge is -2.34. The van der Waals surface area contributed by atoms with E-state index in [4.69, 9.17) is 10.5 Å². The van der Waals surface area contributed by atoms with Crippen LogP contribution in [0, 0.1) is 5.92 Å². The Kier molecular flexibility index (Phi) is 6.52. The number of hydrogen-bond acceptors (Lipinski definition) is 3. The molecule has 2 N–H and O–H groups in total. The SMILES string of the molecule is CC1CCCC(N(C)CCCOc2ccccc2CN)C1. The fourth-order valence-electron chi connectivity index (χ4n) is 3.29. The molecule has 2 atom stereocenters. The van der Waals surface area contributed by atoms with E-state index in [1.807, 2.05) is 24.3 Å². The van der Waals surface area contributed by atoms with E-state index in [0.717, 1.165) is 42.8 Å². The molecule has 2 unspecified atom stereocenters. The molecule has 0 amide bonds. The van der Waals surface area contributed by atoms with Gasteiger partial charge in [-0.15, -0.1) is 0 Å². The van der Waals surface area contributed by atoms with Gasteiger partial charge in [0, 0.05) is 24.7 Å². The molecule has 0 radical (unpaired) electrons. The first kappa shape index (κ1) is 16.3. The van der Waals surface area contributed by atoms with Gasteiger partial charge in [-0.2, -0.15) is 0 Å². The van der Waals surface area contributed by atoms with Crippen LogP contribution in [-0.2, 0) is 6.54 Å². The average Bonchev–Trinajstić information content (AvgIpc) is 2.51. The highest BCUT2D eigenvalue weighted by Crippen LogP contribution is 2.26. The Labute approximate surface area is 129 Å². The molecule has 1 aromatic carbocycles. The topological polar surface area (TPSA) is 38.5 Å². The van der Waals surface area contributed by atoms with Gasteiger partial charge in [0.25, 0.3) is 0 Å². The third kappa shape index (κ3) is 5.01. The Hall–Kier alpha value is -1.06. The van der Waals surface area contributed by atoms with Gasteiger partial charge in [-0.3, -0.25) is 0 Å². The first-order chi connectivity index (χ1) is 10.2. The lowest BCUT2D eigenvalue weighted by Crippen LogP contribution is -2.36. The maximum absolute atomic E-state index is 5.88. The molecule has 2 rings (SSSR count). The fraction of sp³-hybridized carbons (Fsp3) is 0.667. The van der Waals surface area contributed by atoms with Crippen molar-refractivity contribution in [3.63, 3.8) is 0 Å². The number of benzene rings is 1. The third-order valence-electron chi connectivity index (χ3n) is 4.64. The first-order valence-corrected chi connectivity index (χ1v) is 8.31. The Morgan fingerprint density at radius 3 is 2.86 bits per heavy atom. The summed E-state index contributed by atoms with van der Waals surface area (Å²) >= 11 is 0. The van der Waals surface area contributed by atoms with Gasteiger partial charge in [0.1, 0.15) is 5.75 Å². The average molecular weight is 290 g/mol. The van der Waals surface area contributed by atoms with Gasteiger partial charge in [-0.05, 0) is 38.3 Å². The predicted octanol–water partition coefficient (Wildman–Crippen LogP) is 3.42. The van der Waals surface area contributed by atoms with Gasteiger partial charge in [0.2, 0.25) is 0 Å². The molecule has 3 heteroatoms. The molecule has 3 nitrogen and oxygen atoms in total. The molecule has 0 aromatic heterocycles. The van der Waals surface area contributed by atoms with E-state index in [-0.39, 0.29) is 0 Å². The van der Waals surface area contributed by atoms with Crippen molar-refractivity contribution in [3.05, 3.63) is 29.8 Å². The van der Waals surface area contributed by atoms with Crippen molar-refractivity contribution in [2.75, 3.05) is 20.2 Å². The highest BCUT2D eigenvalue weighted by molar-refractivity contribution is 5.32. The quantitative estimate of drug-likeness (QED) is 0.782. The van der Waals surface area contributed by atoms with Gasteiger partial charge in [-0.25, -0.2) is 0 Å². The summed E-state index contributed by atoms with van der Waals surface area (Å²) < 4.78 is 5.88. The molecular weight excluding hydrogens is 260 g/mol. The number of nitrogens with two attached hydrogens (primary N) is 1. The molecule has 1 fully saturated rings. The summed E-state index contributed by atoms with van der Waals surface area (Å²) in [6.07, 6.45) is 6.57. The van der Waals surface area contributed by atoms with Crippen LogP contribution in [0.1, 0.15) is 44.6 Å². The van der Waals surface area contributed by atoms with Crippen LogP contribution in [0.3, 0.4) is 0 Å². The van der Waals surface area contributed by atoms with Gasteiger partial charge in [0.05, 0.1) is 6.61 Å². The first-order valence-electron chi connectivity index (χ1n) is 8.31. The Balaban J connectivity index is 1.69. The molecule has 0 heterocycles. The monoisotopic (exact) mass is 290 g/mol. The van der Waals surface area contributed by atoms with Crippen molar-refractivity contribution in [3.8, 4) is 5.75 Å². The number of nitrogens with zero attached hydrogens (tertiary/aromatic N) is 1. The van der Waals surface area contributed by atoms with Crippen molar-refractivity contribution < 1.29 is 4.74 Å². The maximum Gasteiger partial charge on any atom is 0.123 e. The highest BCUT2D eigenvalue weighted by Gasteiger charge is 2.21. The van der Waals surface area contributed by atoms with Crippen LogP contribution in [0.25, 0.3) is 0 Å². The van der Waals surface area contributed by atoms with Crippen LogP contribution in [0.4, 0.5) is 0 Å². The van der Waals surface area contributed by atoms with Crippen molar-refractivity contribution in [1.82, 2.24) is 4.90 Å². The number of para-hydroxylation sites is 1. The fourth-order valence-corrected chi connectivity index (χ4v) is 3.29. The number of rotatable bonds is 7. The minimum absolute atomic E-state index is 0.538. The normalized spacial score (nSPS) is 22.5. The largest absolute Gasteiger partial charge is 0.493 e. The van der Waals surface area contributed by atoms with Gasteiger partial charge in [-0.1, -0.05) is 38.0 Å². The summed E-state index contributed by atoms with van der Waals surface area (Å²) in [6, 6.07) is 8.82. The van der Waals surface area contributed by atoms with Crippen molar-refractivity contribution in [1.29, 1.82) is 0 Å². The zero-order valence-corrected chi connectivity index (χ0v) is 13.6. The van der Waals surface area contributed by atoms with Crippen LogP contribution in [0.2, 0.25) is 0 Å². The summed E-state index contributed by atoms with van der Waals surface area (Å²) in [5, 5.41) is 0. The predicted molar refractivity (Wildman–Crippen MR) is 88.5 cm³/mol. The van der Waals surface area contributed by atoms with Gasteiger partial charge in [0.15, 0.2) is 0 Å². The molecule has 0 saturated heterocycles. The number of hydrogen-bond donors (Lipinski definition) is 1. The van der Waals surface area contributed by atoms with E-state index in [1.54, 1.807) is 0 Å². The van der Waals surface area contributed by atoms with Crippen LogP contribution in [-0.4, -0.2) is 31.1 Å². The molecule has 0 spiro atoms. The second-order valence-electron chi connectivity index (χ2n) is 6.42. The third-order valence-corrected chi connectivity index (χ3v) is 4.64. The molecule has 1 aromatic rings. The number of ether oxygens (including phenoxy) is 1.